The summed E-state index contributed by atoms with van der Waals surface area (Å²) in [7, 11) is 0. The molecule has 1 aromatic carbocycles. The molecule has 1 saturated carbocycles. The number of rotatable bonds is 2. The maximum Gasteiger partial charge on any atom is 0.421 e. The van der Waals surface area contributed by atoms with Crippen LogP contribution in [0.5, 0.6) is 5.75 Å². The van der Waals surface area contributed by atoms with Gasteiger partial charge in [0.15, 0.2) is 0 Å². The maximum absolute atomic E-state index is 12.5. The van der Waals surface area contributed by atoms with E-state index in [0.717, 1.165) is 25.7 Å². The normalized spacial score (nSPS) is 25.3. The summed E-state index contributed by atoms with van der Waals surface area (Å²) in [5.74, 6) is 0.791. The van der Waals surface area contributed by atoms with E-state index in [1.54, 1.807) is 18.3 Å². The van der Waals surface area contributed by atoms with Crippen molar-refractivity contribution in [2.75, 3.05) is 0 Å². The van der Waals surface area contributed by atoms with Crippen molar-refractivity contribution in [1.82, 2.24) is 4.90 Å². The number of benzene rings is 1. The van der Waals surface area contributed by atoms with Crippen LogP contribution in [-0.4, -0.2) is 16.0 Å². The van der Waals surface area contributed by atoms with Crippen LogP contribution >= 0.6 is 11.6 Å². The van der Waals surface area contributed by atoms with E-state index in [9.17, 15) is 4.79 Å². The van der Waals surface area contributed by atoms with E-state index in [-0.39, 0.29) is 5.92 Å². The molecule has 1 heterocycles. The average molecular weight is 304 g/mol. The Kier molecular flexibility index (Phi) is 4.02. The number of amides is 1. The van der Waals surface area contributed by atoms with E-state index in [4.69, 9.17) is 16.3 Å². The van der Waals surface area contributed by atoms with Crippen LogP contribution in [0.25, 0.3) is 0 Å². The summed E-state index contributed by atoms with van der Waals surface area (Å²) in [4.78, 5) is 13.2. The number of nitrogens with zero attached hydrogens (tertiary/aromatic N) is 1. The zero-order valence-electron chi connectivity index (χ0n) is 11.7. The lowest BCUT2D eigenvalue weighted by Gasteiger charge is -2.39. The summed E-state index contributed by atoms with van der Waals surface area (Å²) >= 11 is 6.80. The van der Waals surface area contributed by atoms with Gasteiger partial charge in [-0.25, -0.2) is 4.79 Å². The fourth-order valence-electron chi connectivity index (χ4n) is 3.02. The Morgan fingerprint density at radius 1 is 1.19 bits per heavy atom. The molecule has 0 spiro atoms. The first-order valence-electron chi connectivity index (χ1n) is 7.31. The largest absolute Gasteiger partial charge is 0.421 e. The second-order valence-electron chi connectivity index (χ2n) is 5.46. The van der Waals surface area contributed by atoms with E-state index in [2.05, 4.69) is 0 Å². The third-order valence-corrected chi connectivity index (χ3v) is 4.73. The molecule has 0 aromatic heterocycles. The number of ether oxygens (including phenoxy) is 1. The molecule has 0 saturated heterocycles. The Morgan fingerprint density at radius 3 is 2.62 bits per heavy atom. The highest BCUT2D eigenvalue weighted by Gasteiger charge is 2.44. The summed E-state index contributed by atoms with van der Waals surface area (Å²) < 4.78 is 5.43. The predicted octanol–water partition coefficient (Wildman–Crippen LogP) is 4.70. The Hall–Kier alpha value is -1.74. The minimum absolute atomic E-state index is 0.267. The number of para-hydroxylation sites is 1. The molecule has 1 aromatic rings. The third kappa shape index (κ3) is 2.84. The molecule has 3 nitrogen and oxygen atoms in total. The fraction of sp³-hybridized carbons (Fsp3) is 0.353. The summed E-state index contributed by atoms with van der Waals surface area (Å²) in [5.41, 5.74) is 0. The van der Waals surface area contributed by atoms with Crippen molar-refractivity contribution in [2.24, 2.45) is 5.92 Å². The monoisotopic (exact) mass is 303 g/mol. The Labute approximate surface area is 129 Å². The van der Waals surface area contributed by atoms with Crippen LogP contribution < -0.4 is 4.74 Å². The molecule has 4 heteroatoms. The molecule has 1 fully saturated rings. The highest BCUT2D eigenvalue weighted by Crippen LogP contribution is 2.43. The highest BCUT2D eigenvalue weighted by molar-refractivity contribution is 6.26. The quantitative estimate of drug-likeness (QED) is 0.585. The van der Waals surface area contributed by atoms with Gasteiger partial charge in [0.25, 0.3) is 0 Å². The summed E-state index contributed by atoms with van der Waals surface area (Å²) in [6, 6.07) is 9.06. The summed E-state index contributed by atoms with van der Waals surface area (Å²) in [6.07, 6.45) is 11.3. The first kappa shape index (κ1) is 14.2. The number of hydrogen-bond donors (Lipinski definition) is 0. The van der Waals surface area contributed by atoms with E-state index < -0.39 is 11.1 Å². The molecule has 1 amide bonds. The first-order chi connectivity index (χ1) is 10.2. The van der Waals surface area contributed by atoms with E-state index >= 15 is 0 Å². The van der Waals surface area contributed by atoms with Gasteiger partial charge in [0, 0.05) is 12.1 Å². The predicted molar refractivity (Wildman–Crippen MR) is 83.1 cm³/mol. The van der Waals surface area contributed by atoms with Crippen LogP contribution in [0.15, 0.2) is 54.8 Å². The molecular weight excluding hydrogens is 286 g/mol. The highest BCUT2D eigenvalue weighted by atomic mass is 35.5. The Morgan fingerprint density at radius 2 is 1.90 bits per heavy atom. The molecule has 2 aliphatic rings. The zero-order chi connectivity index (χ0) is 14.7. The fourth-order valence-corrected chi connectivity index (χ4v) is 3.44. The van der Waals surface area contributed by atoms with Crippen molar-refractivity contribution in [3.8, 4) is 5.75 Å². The van der Waals surface area contributed by atoms with Crippen LogP contribution in [0.4, 0.5) is 4.79 Å². The Balaban J connectivity index is 1.80. The standard InChI is InChI=1S/C17H18ClNO2/c18-17(14-8-4-5-9-14)12-6-7-13-19(17)16(20)21-15-10-2-1-3-11-15/h1-3,6-7,10-14H,4-5,8-9H2. The van der Waals surface area contributed by atoms with Gasteiger partial charge in [-0.15, -0.1) is 0 Å². The lowest BCUT2D eigenvalue weighted by atomic mass is 9.94. The van der Waals surface area contributed by atoms with Crippen LogP contribution in [0.2, 0.25) is 0 Å². The van der Waals surface area contributed by atoms with Gasteiger partial charge in [-0.05, 0) is 37.1 Å². The second kappa shape index (κ2) is 5.94. The SMILES string of the molecule is O=C(Oc1ccccc1)N1C=CC=CC1(Cl)C1CCCC1. The summed E-state index contributed by atoms with van der Waals surface area (Å²) in [5, 5.41) is 0. The van der Waals surface area contributed by atoms with Crippen molar-refractivity contribution in [1.29, 1.82) is 0 Å². The lowest BCUT2D eigenvalue weighted by molar-refractivity contribution is 0.137. The average Bonchev–Trinajstić information content (AvgIpc) is 3.03. The van der Waals surface area contributed by atoms with Crippen molar-refractivity contribution in [3.63, 3.8) is 0 Å². The number of carbonyl (C=O) groups excluding carboxylic acids is 1. The van der Waals surface area contributed by atoms with Crippen LogP contribution in [0.3, 0.4) is 0 Å². The van der Waals surface area contributed by atoms with Gasteiger partial charge < -0.3 is 4.74 Å². The number of halogens is 1. The van der Waals surface area contributed by atoms with Gasteiger partial charge in [-0.1, -0.05) is 48.7 Å². The topological polar surface area (TPSA) is 29.5 Å². The molecule has 0 bridgehead atoms. The minimum Gasteiger partial charge on any atom is -0.410 e. The smallest absolute Gasteiger partial charge is 0.410 e. The van der Waals surface area contributed by atoms with Gasteiger partial charge in [0.1, 0.15) is 10.7 Å². The molecule has 3 rings (SSSR count). The lowest BCUT2D eigenvalue weighted by Crippen LogP contribution is -2.49. The van der Waals surface area contributed by atoms with Crippen molar-refractivity contribution in [3.05, 3.63) is 54.8 Å². The van der Waals surface area contributed by atoms with Crippen molar-refractivity contribution < 1.29 is 9.53 Å². The van der Waals surface area contributed by atoms with E-state index in [0.29, 0.717) is 5.75 Å². The van der Waals surface area contributed by atoms with Crippen molar-refractivity contribution >= 4 is 17.7 Å². The molecule has 1 aliphatic carbocycles. The maximum atomic E-state index is 12.5. The first-order valence-corrected chi connectivity index (χ1v) is 7.69. The van der Waals surface area contributed by atoms with E-state index in [1.165, 1.54) is 4.90 Å². The van der Waals surface area contributed by atoms with Gasteiger partial charge in [-0.2, -0.15) is 0 Å². The van der Waals surface area contributed by atoms with E-state index in [1.807, 2.05) is 36.4 Å². The zero-order valence-corrected chi connectivity index (χ0v) is 12.5. The molecular formula is C17H18ClNO2. The summed E-state index contributed by atoms with van der Waals surface area (Å²) in [6.45, 7) is 0. The molecule has 110 valence electrons. The number of hydrogen-bond acceptors (Lipinski definition) is 2. The van der Waals surface area contributed by atoms with Gasteiger partial charge in [0.05, 0.1) is 0 Å². The van der Waals surface area contributed by atoms with Crippen LogP contribution in [-0.2, 0) is 0 Å². The molecule has 1 atom stereocenters. The van der Waals surface area contributed by atoms with Crippen LogP contribution in [0, 0.1) is 5.92 Å². The van der Waals surface area contributed by atoms with Crippen molar-refractivity contribution in [2.45, 2.75) is 30.7 Å². The van der Waals surface area contributed by atoms with Gasteiger partial charge in [-0.3, -0.25) is 4.90 Å². The number of allylic oxidation sites excluding steroid dienone is 2. The number of alkyl halides is 1. The Bertz CT molecular complexity index is 563. The van der Waals surface area contributed by atoms with Gasteiger partial charge in [0.2, 0.25) is 0 Å². The third-order valence-electron chi connectivity index (χ3n) is 4.12. The molecule has 0 radical (unpaired) electrons. The van der Waals surface area contributed by atoms with Gasteiger partial charge >= 0.3 is 6.09 Å². The molecule has 0 N–H and O–H groups in total. The molecule has 21 heavy (non-hydrogen) atoms. The molecule has 1 unspecified atom stereocenters. The number of carbonyl (C=O) groups is 1. The minimum atomic E-state index is -0.808. The second-order valence-corrected chi connectivity index (χ2v) is 6.07. The molecule has 1 aliphatic heterocycles. The van der Waals surface area contributed by atoms with Crippen LogP contribution in [0.1, 0.15) is 25.7 Å².